The maximum atomic E-state index is 5.69. The van der Waals surface area contributed by atoms with E-state index in [4.69, 9.17) is 5.73 Å². The molecule has 4 nitrogen and oxygen atoms in total. The fourth-order valence-corrected chi connectivity index (χ4v) is 2.02. The van der Waals surface area contributed by atoms with Gasteiger partial charge in [-0.1, -0.05) is 0 Å². The van der Waals surface area contributed by atoms with Crippen LogP contribution in [0.1, 0.15) is 18.5 Å². The van der Waals surface area contributed by atoms with Crippen molar-refractivity contribution in [2.24, 2.45) is 0 Å². The van der Waals surface area contributed by atoms with Gasteiger partial charge in [0, 0.05) is 12.4 Å². The molecule has 0 bridgehead atoms. The minimum absolute atomic E-state index is 0.190. The van der Waals surface area contributed by atoms with E-state index in [-0.39, 0.29) is 6.04 Å². The van der Waals surface area contributed by atoms with E-state index in [9.17, 15) is 0 Å². The molecular weight excluding hydrogens is 208 g/mol. The van der Waals surface area contributed by atoms with E-state index in [1.165, 1.54) is 5.56 Å². The Kier molecular flexibility index (Phi) is 2.82. The van der Waals surface area contributed by atoms with Crippen LogP contribution in [-0.4, -0.2) is 9.97 Å². The van der Waals surface area contributed by atoms with Gasteiger partial charge in [-0.15, -0.1) is 0 Å². The molecule has 0 aliphatic heterocycles. The van der Waals surface area contributed by atoms with Crippen molar-refractivity contribution in [3.05, 3.63) is 34.8 Å². The minimum atomic E-state index is 0.190. The second kappa shape index (κ2) is 4.27. The Labute approximate surface area is 92.2 Å². The number of nitrogen functional groups attached to an aromatic ring is 1. The lowest BCUT2D eigenvalue weighted by molar-refractivity contribution is 0.878. The van der Waals surface area contributed by atoms with Gasteiger partial charge in [-0.25, -0.2) is 9.97 Å². The van der Waals surface area contributed by atoms with E-state index in [1.807, 2.05) is 5.38 Å². The monoisotopic (exact) mass is 220 g/mol. The van der Waals surface area contributed by atoms with Crippen molar-refractivity contribution in [2.75, 3.05) is 11.1 Å². The first kappa shape index (κ1) is 9.92. The molecule has 0 aliphatic rings. The lowest BCUT2D eigenvalue weighted by Gasteiger charge is -2.13. The molecule has 1 atom stereocenters. The average Bonchev–Trinajstić information content (AvgIpc) is 2.74. The Bertz CT molecular complexity index is 427. The van der Waals surface area contributed by atoms with E-state index in [2.05, 4.69) is 33.7 Å². The SMILES string of the molecule is CC(Nc1nccnc1N)c1ccsc1. The number of thiophene rings is 1. The van der Waals surface area contributed by atoms with E-state index in [1.54, 1.807) is 23.7 Å². The van der Waals surface area contributed by atoms with Crippen LogP contribution >= 0.6 is 11.3 Å². The van der Waals surface area contributed by atoms with Gasteiger partial charge in [0.25, 0.3) is 0 Å². The summed E-state index contributed by atoms with van der Waals surface area (Å²) in [5.41, 5.74) is 6.92. The van der Waals surface area contributed by atoms with Crippen LogP contribution in [0.15, 0.2) is 29.2 Å². The number of nitrogens with two attached hydrogens (primary N) is 1. The van der Waals surface area contributed by atoms with E-state index >= 15 is 0 Å². The summed E-state index contributed by atoms with van der Waals surface area (Å²) in [6, 6.07) is 2.27. The highest BCUT2D eigenvalue weighted by atomic mass is 32.1. The summed E-state index contributed by atoms with van der Waals surface area (Å²) < 4.78 is 0. The Morgan fingerprint density at radius 3 is 2.87 bits per heavy atom. The summed E-state index contributed by atoms with van der Waals surface area (Å²) in [4.78, 5) is 8.10. The van der Waals surface area contributed by atoms with Crippen molar-refractivity contribution in [3.8, 4) is 0 Å². The van der Waals surface area contributed by atoms with Gasteiger partial charge >= 0.3 is 0 Å². The molecule has 5 heteroatoms. The Morgan fingerprint density at radius 1 is 1.40 bits per heavy atom. The number of anilines is 2. The molecule has 1 unspecified atom stereocenters. The van der Waals surface area contributed by atoms with Crippen molar-refractivity contribution in [3.63, 3.8) is 0 Å². The Morgan fingerprint density at radius 2 is 2.20 bits per heavy atom. The molecule has 2 aromatic heterocycles. The van der Waals surface area contributed by atoms with E-state index in [0.29, 0.717) is 11.6 Å². The second-order valence-corrected chi connectivity index (χ2v) is 3.99. The standard InChI is InChI=1S/C10H12N4S/c1-7(8-2-5-15-6-8)14-10-9(11)12-3-4-13-10/h2-7H,1H3,(H2,11,12)(H,13,14). The zero-order chi connectivity index (χ0) is 10.7. The third-order valence-electron chi connectivity index (χ3n) is 2.12. The van der Waals surface area contributed by atoms with Crippen LogP contribution in [0.3, 0.4) is 0 Å². The van der Waals surface area contributed by atoms with Gasteiger partial charge in [-0.2, -0.15) is 11.3 Å². The van der Waals surface area contributed by atoms with Crippen molar-refractivity contribution in [1.82, 2.24) is 9.97 Å². The average molecular weight is 220 g/mol. The highest BCUT2D eigenvalue weighted by Crippen LogP contribution is 2.21. The van der Waals surface area contributed by atoms with Crippen LogP contribution in [0.25, 0.3) is 0 Å². The first-order valence-corrected chi connectivity index (χ1v) is 5.57. The number of hydrogen-bond acceptors (Lipinski definition) is 5. The zero-order valence-electron chi connectivity index (χ0n) is 8.34. The second-order valence-electron chi connectivity index (χ2n) is 3.21. The maximum Gasteiger partial charge on any atom is 0.169 e. The largest absolute Gasteiger partial charge is 0.381 e. The highest BCUT2D eigenvalue weighted by molar-refractivity contribution is 7.07. The summed E-state index contributed by atoms with van der Waals surface area (Å²) >= 11 is 1.68. The molecule has 0 amide bonds. The molecular formula is C10H12N4S. The fourth-order valence-electron chi connectivity index (χ4n) is 1.27. The fraction of sp³-hybridized carbons (Fsp3) is 0.200. The van der Waals surface area contributed by atoms with Gasteiger partial charge in [0.2, 0.25) is 0 Å². The molecule has 78 valence electrons. The highest BCUT2D eigenvalue weighted by Gasteiger charge is 2.08. The number of hydrogen-bond donors (Lipinski definition) is 2. The molecule has 0 aliphatic carbocycles. The summed E-state index contributed by atoms with van der Waals surface area (Å²) in [7, 11) is 0. The molecule has 0 saturated heterocycles. The molecule has 2 rings (SSSR count). The van der Waals surface area contributed by atoms with E-state index in [0.717, 1.165) is 0 Å². The zero-order valence-corrected chi connectivity index (χ0v) is 9.16. The molecule has 0 radical (unpaired) electrons. The minimum Gasteiger partial charge on any atom is -0.381 e. The molecule has 0 saturated carbocycles. The van der Waals surface area contributed by atoms with Crippen LogP contribution < -0.4 is 11.1 Å². The Balaban J connectivity index is 2.13. The topological polar surface area (TPSA) is 63.8 Å². The smallest absolute Gasteiger partial charge is 0.169 e. The first-order valence-electron chi connectivity index (χ1n) is 4.62. The van der Waals surface area contributed by atoms with Crippen LogP contribution in [0.2, 0.25) is 0 Å². The van der Waals surface area contributed by atoms with Crippen LogP contribution in [-0.2, 0) is 0 Å². The lowest BCUT2D eigenvalue weighted by atomic mass is 10.2. The van der Waals surface area contributed by atoms with Gasteiger partial charge in [0.05, 0.1) is 6.04 Å². The van der Waals surface area contributed by atoms with Crippen LogP contribution in [0.4, 0.5) is 11.6 Å². The molecule has 3 N–H and O–H groups in total. The third kappa shape index (κ3) is 2.24. The Hall–Kier alpha value is -1.62. The van der Waals surface area contributed by atoms with Crippen molar-refractivity contribution >= 4 is 23.0 Å². The third-order valence-corrected chi connectivity index (χ3v) is 2.82. The first-order chi connectivity index (χ1) is 7.27. The quantitative estimate of drug-likeness (QED) is 0.833. The molecule has 0 spiro atoms. The van der Waals surface area contributed by atoms with Gasteiger partial charge in [-0.05, 0) is 29.3 Å². The normalized spacial score (nSPS) is 12.3. The summed E-state index contributed by atoms with van der Waals surface area (Å²) in [6.07, 6.45) is 3.20. The van der Waals surface area contributed by atoms with Gasteiger partial charge in [0.1, 0.15) is 0 Å². The van der Waals surface area contributed by atoms with E-state index < -0.39 is 0 Å². The van der Waals surface area contributed by atoms with Crippen molar-refractivity contribution in [2.45, 2.75) is 13.0 Å². The number of nitrogens with one attached hydrogen (secondary N) is 1. The molecule has 2 heterocycles. The van der Waals surface area contributed by atoms with Crippen molar-refractivity contribution in [1.29, 1.82) is 0 Å². The van der Waals surface area contributed by atoms with Gasteiger partial charge in [0.15, 0.2) is 11.6 Å². The molecule has 2 aromatic rings. The van der Waals surface area contributed by atoms with Crippen molar-refractivity contribution < 1.29 is 0 Å². The van der Waals surface area contributed by atoms with Gasteiger partial charge < -0.3 is 11.1 Å². The predicted molar refractivity (Wildman–Crippen MR) is 62.8 cm³/mol. The number of nitrogens with zero attached hydrogens (tertiary/aromatic N) is 2. The number of rotatable bonds is 3. The van der Waals surface area contributed by atoms with Gasteiger partial charge in [-0.3, -0.25) is 0 Å². The lowest BCUT2D eigenvalue weighted by Crippen LogP contribution is -2.09. The maximum absolute atomic E-state index is 5.69. The predicted octanol–water partition coefficient (Wildman–Crippen LogP) is 2.29. The number of aromatic nitrogens is 2. The van der Waals surface area contributed by atoms with Crippen LogP contribution in [0, 0.1) is 0 Å². The molecule has 15 heavy (non-hydrogen) atoms. The summed E-state index contributed by atoms with van der Waals surface area (Å²) in [6.45, 7) is 2.07. The van der Waals surface area contributed by atoms with Crippen LogP contribution in [0.5, 0.6) is 0 Å². The summed E-state index contributed by atoms with van der Waals surface area (Å²) in [5.74, 6) is 1.07. The summed E-state index contributed by atoms with van der Waals surface area (Å²) in [5, 5.41) is 7.37. The molecule has 0 aromatic carbocycles. The molecule has 0 fully saturated rings.